The van der Waals surface area contributed by atoms with Gasteiger partial charge in [0.1, 0.15) is 5.76 Å². The van der Waals surface area contributed by atoms with Crippen molar-refractivity contribution < 1.29 is 46.9 Å². The summed E-state index contributed by atoms with van der Waals surface area (Å²) in [6.45, 7) is 10.6. The van der Waals surface area contributed by atoms with Crippen LogP contribution in [0.15, 0.2) is 64.6 Å². The zero-order chi connectivity index (χ0) is 47.7. The molecule has 12 rings (SSSR count). The maximum absolute atomic E-state index is 15.8. The van der Waals surface area contributed by atoms with Crippen LogP contribution in [-0.4, -0.2) is 63.2 Å². The van der Waals surface area contributed by atoms with Crippen molar-refractivity contribution in [3.05, 3.63) is 93.2 Å². The Bertz CT molecular complexity index is 2510. The quantitative estimate of drug-likeness (QED) is 0.131. The number of furan rings is 1. The molecule has 6 atom stereocenters. The standard InChI is InChI=1S/C55H65ClF3NO7/c1-32-7-6-17-50(4)42(39-12-9-33(24-38(61)11-8-32)25-40(39)46(62)45-15-14-44(66-45)41-26-37(55(57,58)59)10-13-43(41)56)16-18-53(50,65)31-60(30-52-27-34-21-35(28-52)23-36(22-34)29-52)47(63)54-20-19-51(5,48(64)67-54)49(54,2)3/h7,9-10,12-15,25-26,34-36,38,42,61,65H,6,8,11,16-24,27-31H2,1-5H3/t34?,35?,36?,38-,42-,50-,51-,52?,53+,54+/m0/s1. The van der Waals surface area contributed by atoms with Gasteiger partial charge in [-0.25, -0.2) is 0 Å². The number of ketones is 1. The molecule has 0 spiro atoms. The van der Waals surface area contributed by atoms with Gasteiger partial charge in [0.2, 0.25) is 5.78 Å². The number of alkyl halides is 3. The molecule has 3 aromatic rings. The third kappa shape index (κ3) is 7.48. The van der Waals surface area contributed by atoms with Crippen LogP contribution >= 0.6 is 11.6 Å². The van der Waals surface area contributed by atoms with Gasteiger partial charge in [-0.15, -0.1) is 0 Å². The van der Waals surface area contributed by atoms with Crippen molar-refractivity contribution in [3.8, 4) is 11.3 Å². The number of fused-ring (bicyclic) bond motifs is 10. The normalized spacial score (nSPS) is 36.4. The van der Waals surface area contributed by atoms with E-state index < -0.39 is 51.1 Å². The predicted octanol–water partition coefficient (Wildman–Crippen LogP) is 12.1. The molecular formula is C55H65ClF3NO7. The maximum Gasteiger partial charge on any atom is 0.416 e. The molecule has 0 unspecified atom stereocenters. The molecule has 8 nitrogen and oxygen atoms in total. The second-order valence-corrected chi connectivity index (χ2v) is 23.8. The number of allylic oxidation sites excluding steroid dienone is 2. The molecule has 2 N–H and O–H groups in total. The first-order valence-electron chi connectivity index (χ1n) is 24.7. The molecular weight excluding hydrogens is 879 g/mol. The first-order chi connectivity index (χ1) is 31.5. The molecule has 2 heterocycles. The van der Waals surface area contributed by atoms with Crippen molar-refractivity contribution in [3.63, 3.8) is 0 Å². The van der Waals surface area contributed by atoms with Crippen LogP contribution in [0.1, 0.15) is 163 Å². The van der Waals surface area contributed by atoms with Crippen LogP contribution in [0, 0.1) is 39.4 Å². The SMILES string of the molecule is CC1=CCC[C@@]2(C)[C@@H](CC[C@@]2(O)CN(CC23CC4CC(CC(C4)C2)C3)C(=O)[C@@]23CC[C@@](C)(C(=O)O2)C3(C)C)c2ccc(cc2C(=O)c2ccc(-c3cc(C(F)(F)F)ccc3Cl)o2)C[C@@H](O)CC1. The highest BCUT2D eigenvalue weighted by atomic mass is 35.5. The second kappa shape index (κ2) is 16.1. The van der Waals surface area contributed by atoms with Crippen molar-refractivity contribution in [1.82, 2.24) is 4.90 Å². The summed E-state index contributed by atoms with van der Waals surface area (Å²) in [5, 5.41) is 24.9. The number of hydrogen-bond donors (Lipinski definition) is 2. The van der Waals surface area contributed by atoms with Gasteiger partial charge < -0.3 is 24.3 Å². The topological polar surface area (TPSA) is 117 Å². The van der Waals surface area contributed by atoms with Gasteiger partial charge >= 0.3 is 12.1 Å². The molecule has 9 aliphatic rings. The lowest BCUT2D eigenvalue weighted by Crippen LogP contribution is -2.63. The van der Waals surface area contributed by atoms with E-state index in [0.717, 1.165) is 48.6 Å². The number of amides is 1. The van der Waals surface area contributed by atoms with Crippen molar-refractivity contribution in [2.24, 2.45) is 39.4 Å². The summed E-state index contributed by atoms with van der Waals surface area (Å²) < 4.78 is 53.7. The zero-order valence-electron chi connectivity index (χ0n) is 39.5. The van der Waals surface area contributed by atoms with Gasteiger partial charge in [-0.3, -0.25) is 14.4 Å². The van der Waals surface area contributed by atoms with Crippen molar-refractivity contribution in [2.45, 2.75) is 160 Å². The van der Waals surface area contributed by atoms with E-state index >= 15 is 4.79 Å². The number of benzene rings is 2. The average molecular weight is 945 g/mol. The van der Waals surface area contributed by atoms with E-state index in [2.05, 4.69) is 19.9 Å². The van der Waals surface area contributed by atoms with Crippen molar-refractivity contribution in [1.29, 1.82) is 0 Å². The van der Waals surface area contributed by atoms with E-state index in [1.54, 1.807) is 6.07 Å². The Balaban J connectivity index is 1.05. The molecule has 6 saturated carbocycles. The first kappa shape index (κ1) is 46.8. The zero-order valence-corrected chi connectivity index (χ0v) is 40.3. The monoisotopic (exact) mass is 943 g/mol. The number of aliphatic hydroxyl groups excluding tert-OH is 1. The highest BCUT2D eigenvalue weighted by Crippen LogP contribution is 2.67. The Morgan fingerprint density at radius 1 is 0.881 bits per heavy atom. The highest BCUT2D eigenvalue weighted by Gasteiger charge is 2.76. The van der Waals surface area contributed by atoms with Gasteiger partial charge in [-0.2, -0.15) is 13.2 Å². The Morgan fingerprint density at radius 2 is 1.58 bits per heavy atom. The minimum atomic E-state index is -4.62. The Hall–Kier alpha value is -3.93. The van der Waals surface area contributed by atoms with E-state index in [1.165, 1.54) is 31.4 Å². The molecule has 12 heteroatoms. The lowest BCUT2D eigenvalue weighted by Gasteiger charge is -2.58. The van der Waals surface area contributed by atoms with Crippen molar-refractivity contribution in [2.75, 3.05) is 13.1 Å². The maximum atomic E-state index is 15.8. The molecule has 8 bridgehead atoms. The minimum Gasteiger partial charge on any atom is -0.453 e. The Kier molecular flexibility index (Phi) is 11.2. The number of ether oxygens (including phenoxy) is 1. The summed E-state index contributed by atoms with van der Waals surface area (Å²) in [4.78, 5) is 46.3. The summed E-state index contributed by atoms with van der Waals surface area (Å²) >= 11 is 6.41. The molecule has 2 aromatic carbocycles. The van der Waals surface area contributed by atoms with Gasteiger partial charge in [-0.1, -0.05) is 56.2 Å². The predicted molar refractivity (Wildman–Crippen MR) is 248 cm³/mol. The van der Waals surface area contributed by atoms with Crippen LogP contribution in [0.4, 0.5) is 13.2 Å². The molecule has 360 valence electrons. The van der Waals surface area contributed by atoms with Crippen LogP contribution in [0.3, 0.4) is 0 Å². The fourth-order valence-corrected chi connectivity index (χ4v) is 15.4. The molecule has 7 fully saturated rings. The number of aliphatic hydroxyl groups is 2. The van der Waals surface area contributed by atoms with E-state index in [4.69, 9.17) is 20.8 Å². The lowest BCUT2D eigenvalue weighted by atomic mass is 9.49. The summed E-state index contributed by atoms with van der Waals surface area (Å²) in [5.74, 6) is 0.452. The van der Waals surface area contributed by atoms with E-state index in [-0.39, 0.29) is 51.9 Å². The summed E-state index contributed by atoms with van der Waals surface area (Å²) in [6.07, 6.45) is 8.28. The average Bonchev–Trinajstić information content (AvgIpc) is 3.93. The van der Waals surface area contributed by atoms with Crippen LogP contribution in [0.2, 0.25) is 5.02 Å². The van der Waals surface area contributed by atoms with Gasteiger partial charge in [0.15, 0.2) is 11.4 Å². The van der Waals surface area contributed by atoms with Crippen LogP contribution < -0.4 is 0 Å². The van der Waals surface area contributed by atoms with Crippen LogP contribution in [-0.2, 0) is 26.9 Å². The van der Waals surface area contributed by atoms with E-state index in [1.807, 2.05) is 37.8 Å². The fourth-order valence-electron chi connectivity index (χ4n) is 15.2. The second-order valence-electron chi connectivity index (χ2n) is 23.4. The molecule has 8 aliphatic carbocycles. The Labute approximate surface area is 397 Å². The van der Waals surface area contributed by atoms with E-state index in [9.17, 15) is 33.0 Å². The Morgan fingerprint density at radius 3 is 2.22 bits per heavy atom. The van der Waals surface area contributed by atoms with Crippen LogP contribution in [0.25, 0.3) is 11.3 Å². The third-order valence-corrected chi connectivity index (χ3v) is 19.5. The smallest absolute Gasteiger partial charge is 0.416 e. The molecule has 1 aromatic heterocycles. The largest absolute Gasteiger partial charge is 0.453 e. The number of hydrogen-bond acceptors (Lipinski definition) is 7. The number of halogens is 4. The van der Waals surface area contributed by atoms with Crippen molar-refractivity contribution >= 4 is 29.3 Å². The van der Waals surface area contributed by atoms with Gasteiger partial charge in [0.25, 0.3) is 5.91 Å². The van der Waals surface area contributed by atoms with Gasteiger partial charge in [0.05, 0.1) is 34.3 Å². The van der Waals surface area contributed by atoms with Gasteiger partial charge in [0, 0.05) is 28.5 Å². The summed E-state index contributed by atoms with van der Waals surface area (Å²) in [5.41, 5.74) is -3.28. The number of rotatable bonds is 8. The van der Waals surface area contributed by atoms with E-state index in [0.29, 0.717) is 93.2 Å². The molecule has 67 heavy (non-hydrogen) atoms. The summed E-state index contributed by atoms with van der Waals surface area (Å²) in [6, 6.07) is 11.5. The molecule has 1 saturated heterocycles. The van der Waals surface area contributed by atoms with Crippen LogP contribution in [0.5, 0.6) is 0 Å². The third-order valence-electron chi connectivity index (χ3n) is 19.2. The number of carbonyl (C=O) groups is 3. The molecule has 1 aliphatic heterocycles. The summed E-state index contributed by atoms with van der Waals surface area (Å²) in [7, 11) is 0. The first-order valence-corrected chi connectivity index (χ1v) is 25.1. The number of nitrogens with zero attached hydrogens (tertiary/aromatic N) is 1. The lowest BCUT2D eigenvalue weighted by molar-refractivity contribution is -0.181. The van der Waals surface area contributed by atoms with Gasteiger partial charge in [-0.05, 0) is 187 Å². The fraction of sp³-hybridized carbons (Fsp3) is 0.618. The highest BCUT2D eigenvalue weighted by molar-refractivity contribution is 6.33. The number of esters is 1. The molecule has 1 amide bonds. The minimum absolute atomic E-state index is 0.00375. The number of carbonyl (C=O) groups excluding carboxylic acids is 3. The molecule has 0 radical (unpaired) electrons.